The zero-order chi connectivity index (χ0) is 23.9. The number of nitrogens with one attached hydrogen (secondary N) is 3. The third-order valence-electron chi connectivity index (χ3n) is 4.49. The Morgan fingerprint density at radius 3 is 2.34 bits per heavy atom. The summed E-state index contributed by atoms with van der Waals surface area (Å²) < 4.78 is 32.8. The number of hydrogen-bond donors (Lipinski definition) is 5. The number of amides is 2. The Bertz CT molecular complexity index is 1020. The molecule has 0 fully saturated rings. The lowest BCUT2D eigenvalue weighted by Crippen LogP contribution is -2.50. The van der Waals surface area contributed by atoms with E-state index in [0.717, 1.165) is 17.7 Å². The van der Waals surface area contributed by atoms with Gasteiger partial charge < -0.3 is 10.6 Å². The molecule has 2 amide bonds. The summed E-state index contributed by atoms with van der Waals surface area (Å²) in [5.74, 6) is -0.767. The molecule has 1 aromatic heterocycles. The van der Waals surface area contributed by atoms with Crippen molar-refractivity contribution in [3.63, 3.8) is 0 Å². The number of anilines is 1. The summed E-state index contributed by atoms with van der Waals surface area (Å²) in [7, 11) is -4.38. The highest BCUT2D eigenvalue weighted by molar-refractivity contribution is 7.87. The number of rotatable bonds is 10. The second kappa shape index (κ2) is 11.2. The van der Waals surface area contributed by atoms with Gasteiger partial charge in [-0.15, -0.1) is 11.3 Å². The number of aryl methyl sites for hydroxylation is 1. The van der Waals surface area contributed by atoms with Gasteiger partial charge in [-0.25, -0.2) is 9.78 Å². The van der Waals surface area contributed by atoms with E-state index in [0.29, 0.717) is 11.4 Å². The topological polar surface area (TPSA) is 167 Å². The van der Waals surface area contributed by atoms with Gasteiger partial charge in [-0.2, -0.15) is 13.7 Å². The first-order chi connectivity index (χ1) is 15.0. The van der Waals surface area contributed by atoms with Crippen LogP contribution in [0.4, 0.5) is 10.5 Å². The Morgan fingerprint density at radius 2 is 1.84 bits per heavy atom. The Balaban J connectivity index is 2.24. The van der Waals surface area contributed by atoms with Crippen LogP contribution in [0.25, 0.3) is 0 Å². The number of carbonyl (C=O) groups is 2. The van der Waals surface area contributed by atoms with E-state index in [9.17, 15) is 18.0 Å². The van der Waals surface area contributed by atoms with Crippen molar-refractivity contribution in [1.29, 1.82) is 0 Å². The Morgan fingerprint density at radius 1 is 1.19 bits per heavy atom. The number of nitrogens with zero attached hydrogens (tertiary/aromatic N) is 1. The Labute approximate surface area is 190 Å². The van der Waals surface area contributed by atoms with Gasteiger partial charge in [0.25, 0.3) is 0 Å². The zero-order valence-corrected chi connectivity index (χ0v) is 19.4. The van der Waals surface area contributed by atoms with Gasteiger partial charge in [0.15, 0.2) is 0 Å². The molecule has 176 valence electrons. The van der Waals surface area contributed by atoms with Crippen molar-refractivity contribution in [3.8, 4) is 0 Å². The molecular formula is C19H26N4O7S2. The third kappa shape index (κ3) is 7.75. The van der Waals surface area contributed by atoms with Crippen molar-refractivity contribution in [2.24, 2.45) is 5.92 Å². The van der Waals surface area contributed by atoms with Gasteiger partial charge in [0.1, 0.15) is 11.0 Å². The van der Waals surface area contributed by atoms with E-state index in [1.54, 1.807) is 26.0 Å². The average molecular weight is 487 g/mol. The van der Waals surface area contributed by atoms with Gasteiger partial charge >= 0.3 is 16.4 Å². The van der Waals surface area contributed by atoms with Gasteiger partial charge in [0.2, 0.25) is 5.91 Å². The summed E-state index contributed by atoms with van der Waals surface area (Å²) in [5.41, 5.74) is 1.83. The quantitative estimate of drug-likeness (QED) is 0.194. The molecule has 11 nitrogen and oxygen atoms in total. The van der Waals surface area contributed by atoms with Gasteiger partial charge in [0.05, 0.1) is 17.4 Å². The molecule has 2 aromatic rings. The number of aromatic nitrogens is 1. The highest BCUT2D eigenvalue weighted by Crippen LogP contribution is 2.24. The fraction of sp³-hybridized carbons (Fsp3) is 0.421. The van der Waals surface area contributed by atoms with E-state index in [2.05, 4.69) is 20.5 Å². The summed E-state index contributed by atoms with van der Waals surface area (Å²) in [4.78, 5) is 32.5. The lowest BCUT2D eigenvalue weighted by molar-refractivity contribution is -0.179. The molecule has 0 radical (unpaired) electrons. The lowest BCUT2D eigenvalue weighted by Gasteiger charge is -2.24. The molecule has 13 heteroatoms. The van der Waals surface area contributed by atoms with E-state index in [-0.39, 0.29) is 11.6 Å². The summed E-state index contributed by atoms with van der Waals surface area (Å²) in [5, 5.41) is 16.3. The molecule has 0 spiro atoms. The van der Waals surface area contributed by atoms with Crippen LogP contribution in [0.2, 0.25) is 0 Å². The van der Waals surface area contributed by atoms with Crippen LogP contribution in [0.1, 0.15) is 43.1 Å². The van der Waals surface area contributed by atoms with Crippen molar-refractivity contribution < 1.29 is 32.7 Å². The molecule has 1 unspecified atom stereocenters. The summed E-state index contributed by atoms with van der Waals surface area (Å²) in [6, 6.07) is 4.80. The fourth-order valence-corrected chi connectivity index (χ4v) is 4.28. The van der Waals surface area contributed by atoms with E-state index in [4.69, 9.17) is 9.81 Å². The van der Waals surface area contributed by atoms with Crippen LogP contribution >= 0.6 is 11.3 Å². The normalized spacial score (nSPS) is 13.3. The molecular weight excluding hydrogens is 460 g/mol. The molecule has 0 saturated heterocycles. The molecule has 0 bridgehead atoms. The molecule has 1 aromatic carbocycles. The largest absolute Gasteiger partial charge is 0.439 e. The first-order valence-electron chi connectivity index (χ1n) is 9.73. The number of benzene rings is 1. The average Bonchev–Trinajstić information content (AvgIpc) is 3.20. The molecule has 5 N–H and O–H groups in total. The Kier molecular flexibility index (Phi) is 8.95. The smallest absolute Gasteiger partial charge is 0.345 e. The van der Waals surface area contributed by atoms with Gasteiger partial charge in [0, 0.05) is 5.38 Å². The predicted molar refractivity (Wildman–Crippen MR) is 119 cm³/mol. The Hall–Kier alpha value is -2.74. The first kappa shape index (κ1) is 25.5. The minimum absolute atomic E-state index is 0.186. The zero-order valence-electron chi connectivity index (χ0n) is 17.7. The molecule has 0 saturated carbocycles. The van der Waals surface area contributed by atoms with Crippen LogP contribution in [0.3, 0.4) is 0 Å². The van der Waals surface area contributed by atoms with Crippen molar-refractivity contribution in [2.45, 2.75) is 45.7 Å². The minimum Gasteiger partial charge on any atom is -0.345 e. The molecule has 0 aliphatic heterocycles. The number of thiazole rings is 1. The van der Waals surface area contributed by atoms with Crippen LogP contribution in [0.5, 0.6) is 0 Å². The first-order valence-corrected chi connectivity index (χ1v) is 12.0. The summed E-state index contributed by atoms with van der Waals surface area (Å²) >= 11 is 1.39. The van der Waals surface area contributed by atoms with Gasteiger partial charge in [-0.05, 0) is 36.5 Å². The monoisotopic (exact) mass is 486 g/mol. The highest BCUT2D eigenvalue weighted by atomic mass is 32.2. The van der Waals surface area contributed by atoms with Crippen LogP contribution < -0.4 is 15.4 Å². The van der Waals surface area contributed by atoms with Crippen LogP contribution in [-0.2, 0) is 32.8 Å². The molecule has 1 heterocycles. The molecule has 2 rings (SSSR count). The SMILES string of the molecule is CCc1csc([C@H](Cc2ccc(NS(=O)(=O)O)cc2)NC(=O)C(NC(=O)OO)C(C)C)n1. The summed E-state index contributed by atoms with van der Waals surface area (Å²) in [6.45, 7) is 5.43. The number of carbonyl (C=O) groups excluding carboxylic acids is 2. The standard InChI is InChI=1S/C19H26N4O7S2/c1-4-13-10-31-18(20-13)15(21-17(24)16(11(2)3)22-19(25)30-26)9-12-5-7-14(8-6-12)23-32(27,28)29/h5-8,10-11,15-16,23,26H,4,9H2,1-3H3,(H,21,24)(H,22,25)(H,27,28,29)/t15-,16?/m0/s1. The van der Waals surface area contributed by atoms with E-state index in [1.807, 2.05) is 17.0 Å². The maximum Gasteiger partial charge on any atom is 0.439 e. The fourth-order valence-electron chi connectivity index (χ4n) is 2.89. The maximum atomic E-state index is 12.9. The van der Waals surface area contributed by atoms with E-state index in [1.165, 1.54) is 23.5 Å². The van der Waals surface area contributed by atoms with Crippen molar-refractivity contribution in [2.75, 3.05) is 4.72 Å². The summed E-state index contributed by atoms with van der Waals surface area (Å²) in [6.07, 6.45) is -0.0740. The minimum atomic E-state index is -4.38. The molecule has 32 heavy (non-hydrogen) atoms. The highest BCUT2D eigenvalue weighted by Gasteiger charge is 2.28. The third-order valence-corrected chi connectivity index (χ3v) is 5.99. The molecule has 0 aliphatic carbocycles. The van der Waals surface area contributed by atoms with E-state index >= 15 is 0 Å². The van der Waals surface area contributed by atoms with Crippen LogP contribution in [0, 0.1) is 5.92 Å². The second-order valence-electron chi connectivity index (χ2n) is 7.31. The van der Waals surface area contributed by atoms with Crippen molar-refractivity contribution in [3.05, 3.63) is 45.9 Å². The number of hydrogen-bond acceptors (Lipinski definition) is 8. The van der Waals surface area contributed by atoms with E-state index < -0.39 is 34.4 Å². The van der Waals surface area contributed by atoms with Gasteiger partial charge in [-0.1, -0.05) is 32.9 Å². The van der Waals surface area contributed by atoms with Crippen molar-refractivity contribution in [1.82, 2.24) is 15.6 Å². The predicted octanol–water partition coefficient (Wildman–Crippen LogP) is 2.54. The maximum absolute atomic E-state index is 12.9. The molecule has 2 atom stereocenters. The van der Waals surface area contributed by atoms with Crippen LogP contribution in [-0.4, -0.2) is 41.3 Å². The van der Waals surface area contributed by atoms with Crippen molar-refractivity contribution >= 4 is 39.3 Å². The van der Waals surface area contributed by atoms with Gasteiger partial charge in [-0.3, -0.25) is 19.0 Å². The second-order valence-corrected chi connectivity index (χ2v) is 9.36. The van der Waals surface area contributed by atoms with Crippen LogP contribution in [0.15, 0.2) is 29.6 Å². The lowest BCUT2D eigenvalue weighted by atomic mass is 10.0. The molecule has 0 aliphatic rings.